The van der Waals surface area contributed by atoms with Crippen LogP contribution in [0.3, 0.4) is 0 Å². The fourth-order valence-electron chi connectivity index (χ4n) is 3.28. The molecule has 0 bridgehead atoms. The molecule has 1 aromatic heterocycles. The lowest BCUT2D eigenvalue weighted by Crippen LogP contribution is -2.15. The smallest absolute Gasteiger partial charge is 0.337 e. The zero-order chi connectivity index (χ0) is 14.8. The van der Waals surface area contributed by atoms with Crippen LogP contribution in [0.2, 0.25) is 0 Å². The molecule has 1 heterocycles. The minimum Gasteiger partial charge on any atom is -0.478 e. The summed E-state index contributed by atoms with van der Waals surface area (Å²) in [7, 11) is 0. The van der Waals surface area contributed by atoms with Gasteiger partial charge in [-0.15, -0.1) is 5.10 Å². The number of fused-ring (bicyclic) bond motifs is 1. The van der Waals surface area contributed by atoms with Crippen molar-refractivity contribution >= 4 is 17.0 Å². The molecule has 0 saturated heterocycles. The van der Waals surface area contributed by atoms with Gasteiger partial charge < -0.3 is 5.11 Å². The summed E-state index contributed by atoms with van der Waals surface area (Å²) in [5, 5.41) is 17.5. The summed E-state index contributed by atoms with van der Waals surface area (Å²) in [6, 6.07) is 5.15. The van der Waals surface area contributed by atoms with E-state index in [1.54, 1.807) is 16.8 Å². The molecule has 5 nitrogen and oxygen atoms in total. The fraction of sp³-hybridized carbons (Fsp3) is 0.562. The Hall–Kier alpha value is -1.91. The molecule has 0 amide bonds. The molecule has 2 aromatic rings. The van der Waals surface area contributed by atoms with Gasteiger partial charge in [0.05, 0.1) is 5.56 Å². The Morgan fingerprint density at radius 3 is 2.81 bits per heavy atom. The molecule has 1 fully saturated rings. The van der Waals surface area contributed by atoms with Crippen LogP contribution in [-0.2, 0) is 6.54 Å². The number of aryl methyl sites for hydroxylation is 1. The van der Waals surface area contributed by atoms with Gasteiger partial charge in [0.1, 0.15) is 11.0 Å². The quantitative estimate of drug-likeness (QED) is 0.936. The van der Waals surface area contributed by atoms with Crippen molar-refractivity contribution in [3.63, 3.8) is 0 Å². The van der Waals surface area contributed by atoms with Crippen molar-refractivity contribution in [3.05, 3.63) is 23.8 Å². The van der Waals surface area contributed by atoms with E-state index in [1.807, 2.05) is 6.07 Å². The number of aromatic nitrogens is 3. The number of benzene rings is 1. The Balaban J connectivity index is 1.76. The normalized spacial score (nSPS) is 22.5. The van der Waals surface area contributed by atoms with Gasteiger partial charge in [-0.3, -0.25) is 0 Å². The molecule has 1 aliphatic carbocycles. The van der Waals surface area contributed by atoms with Crippen LogP contribution >= 0.6 is 0 Å². The van der Waals surface area contributed by atoms with Crippen LogP contribution < -0.4 is 0 Å². The van der Waals surface area contributed by atoms with Gasteiger partial charge in [0.2, 0.25) is 0 Å². The number of carboxylic acids is 1. The summed E-state index contributed by atoms with van der Waals surface area (Å²) in [6.45, 7) is 3.07. The van der Waals surface area contributed by atoms with Crippen LogP contribution in [0.1, 0.15) is 49.4 Å². The van der Waals surface area contributed by atoms with Crippen LogP contribution in [0.25, 0.3) is 11.0 Å². The van der Waals surface area contributed by atoms with E-state index >= 15 is 0 Å². The van der Waals surface area contributed by atoms with E-state index in [-0.39, 0.29) is 5.56 Å². The molecular weight excluding hydrogens is 266 g/mol. The average molecular weight is 287 g/mol. The largest absolute Gasteiger partial charge is 0.478 e. The number of carbonyl (C=O) groups is 1. The first-order valence-electron chi connectivity index (χ1n) is 7.70. The van der Waals surface area contributed by atoms with E-state index in [9.17, 15) is 9.90 Å². The molecule has 0 atom stereocenters. The second-order valence-corrected chi connectivity index (χ2v) is 6.21. The Bertz CT molecular complexity index is 642. The van der Waals surface area contributed by atoms with Crippen molar-refractivity contribution in [3.8, 4) is 0 Å². The van der Waals surface area contributed by atoms with Gasteiger partial charge in [0.25, 0.3) is 0 Å². The standard InChI is InChI=1S/C16H21N3O2/c1-11-5-7-12(8-6-11)9-10-19-15-13(16(20)21)3-2-4-14(15)17-18-19/h2-4,11-12H,5-10H2,1H3,(H,20,21). The van der Waals surface area contributed by atoms with E-state index < -0.39 is 5.97 Å². The van der Waals surface area contributed by atoms with Gasteiger partial charge in [-0.1, -0.05) is 43.9 Å². The monoisotopic (exact) mass is 287 g/mol. The summed E-state index contributed by atoms with van der Waals surface area (Å²) < 4.78 is 1.76. The lowest BCUT2D eigenvalue weighted by atomic mass is 9.81. The van der Waals surface area contributed by atoms with E-state index in [2.05, 4.69) is 17.2 Å². The first kappa shape index (κ1) is 14.0. The third kappa shape index (κ3) is 2.91. The molecule has 5 heteroatoms. The Morgan fingerprint density at radius 2 is 2.10 bits per heavy atom. The highest BCUT2D eigenvalue weighted by Crippen LogP contribution is 2.31. The molecule has 3 rings (SSSR count). The van der Waals surface area contributed by atoms with E-state index in [0.29, 0.717) is 11.0 Å². The summed E-state index contributed by atoms with van der Waals surface area (Å²) in [5.41, 5.74) is 1.59. The average Bonchev–Trinajstić information content (AvgIpc) is 2.90. The van der Waals surface area contributed by atoms with E-state index in [4.69, 9.17) is 0 Å². The number of aromatic carboxylic acids is 1. The molecule has 21 heavy (non-hydrogen) atoms. The zero-order valence-electron chi connectivity index (χ0n) is 12.3. The molecule has 1 saturated carbocycles. The number of carboxylic acid groups (broad SMARTS) is 1. The molecule has 0 unspecified atom stereocenters. The zero-order valence-corrected chi connectivity index (χ0v) is 12.3. The predicted octanol–water partition coefficient (Wildman–Crippen LogP) is 3.35. The molecule has 1 aliphatic rings. The lowest BCUT2D eigenvalue weighted by Gasteiger charge is -2.25. The Kier molecular flexibility index (Phi) is 3.90. The highest BCUT2D eigenvalue weighted by Gasteiger charge is 2.19. The number of para-hydroxylation sites is 1. The van der Waals surface area contributed by atoms with Crippen molar-refractivity contribution in [1.29, 1.82) is 0 Å². The Morgan fingerprint density at radius 1 is 1.33 bits per heavy atom. The summed E-state index contributed by atoms with van der Waals surface area (Å²) >= 11 is 0. The third-order valence-electron chi connectivity index (χ3n) is 4.65. The van der Waals surface area contributed by atoms with Crippen molar-refractivity contribution in [2.24, 2.45) is 11.8 Å². The maximum absolute atomic E-state index is 11.3. The SMILES string of the molecule is CC1CCC(CCn2nnc3cccc(C(=O)O)c32)CC1. The van der Waals surface area contributed by atoms with E-state index in [0.717, 1.165) is 24.8 Å². The molecule has 0 aliphatic heterocycles. The number of rotatable bonds is 4. The topological polar surface area (TPSA) is 68.0 Å². The third-order valence-corrected chi connectivity index (χ3v) is 4.65. The first-order valence-corrected chi connectivity index (χ1v) is 7.70. The van der Waals surface area contributed by atoms with Gasteiger partial charge in [-0.05, 0) is 30.4 Å². The molecule has 112 valence electrons. The van der Waals surface area contributed by atoms with Gasteiger partial charge >= 0.3 is 5.97 Å². The molecule has 0 radical (unpaired) electrons. The number of hydrogen-bond donors (Lipinski definition) is 1. The Labute approximate surface area is 124 Å². The van der Waals surface area contributed by atoms with Crippen LogP contribution in [0.15, 0.2) is 18.2 Å². The molecule has 1 N–H and O–H groups in total. The minimum absolute atomic E-state index is 0.287. The minimum atomic E-state index is -0.921. The van der Waals surface area contributed by atoms with Crippen molar-refractivity contribution in [2.75, 3.05) is 0 Å². The van der Waals surface area contributed by atoms with Gasteiger partial charge in [-0.2, -0.15) is 0 Å². The molecule has 0 spiro atoms. The van der Waals surface area contributed by atoms with Crippen LogP contribution in [0, 0.1) is 11.8 Å². The lowest BCUT2D eigenvalue weighted by molar-refractivity contribution is 0.0698. The highest BCUT2D eigenvalue weighted by atomic mass is 16.4. The van der Waals surface area contributed by atoms with E-state index in [1.165, 1.54) is 25.7 Å². The molecular formula is C16H21N3O2. The molecule has 1 aromatic carbocycles. The number of hydrogen-bond acceptors (Lipinski definition) is 3. The van der Waals surface area contributed by atoms with Gasteiger partial charge in [-0.25, -0.2) is 9.48 Å². The second kappa shape index (κ2) is 5.84. The maximum atomic E-state index is 11.3. The highest BCUT2D eigenvalue weighted by molar-refractivity contribution is 6.00. The van der Waals surface area contributed by atoms with Gasteiger partial charge in [0.15, 0.2) is 0 Å². The van der Waals surface area contributed by atoms with Crippen molar-refractivity contribution in [2.45, 2.75) is 45.6 Å². The maximum Gasteiger partial charge on any atom is 0.337 e. The second-order valence-electron chi connectivity index (χ2n) is 6.21. The summed E-state index contributed by atoms with van der Waals surface area (Å²) in [4.78, 5) is 11.3. The first-order chi connectivity index (χ1) is 10.1. The summed E-state index contributed by atoms with van der Waals surface area (Å²) in [5.74, 6) is 0.667. The van der Waals surface area contributed by atoms with Gasteiger partial charge in [0, 0.05) is 6.54 Å². The summed E-state index contributed by atoms with van der Waals surface area (Å²) in [6.07, 6.45) is 6.23. The van der Waals surface area contributed by atoms with Crippen molar-refractivity contribution in [1.82, 2.24) is 15.0 Å². The fourth-order valence-corrected chi connectivity index (χ4v) is 3.28. The van der Waals surface area contributed by atoms with Crippen molar-refractivity contribution < 1.29 is 9.90 Å². The predicted molar refractivity (Wildman–Crippen MR) is 80.2 cm³/mol. The number of nitrogens with zero attached hydrogens (tertiary/aromatic N) is 3. The van der Waals surface area contributed by atoms with Crippen LogP contribution in [-0.4, -0.2) is 26.1 Å². The van der Waals surface area contributed by atoms with Crippen LogP contribution in [0.4, 0.5) is 0 Å². The van der Waals surface area contributed by atoms with Crippen LogP contribution in [0.5, 0.6) is 0 Å².